The molecule has 0 amide bonds. The Morgan fingerprint density at radius 2 is 0.776 bits per heavy atom. The summed E-state index contributed by atoms with van der Waals surface area (Å²) in [5.41, 5.74) is 10.2. The van der Waals surface area contributed by atoms with Gasteiger partial charge in [-0.3, -0.25) is 0 Å². The second kappa shape index (κ2) is 11.6. The summed E-state index contributed by atoms with van der Waals surface area (Å²) in [4.78, 5) is 15.5. The van der Waals surface area contributed by atoms with Gasteiger partial charge in [0.25, 0.3) is 0 Å². The molecule has 0 unspecified atom stereocenters. The summed E-state index contributed by atoms with van der Waals surface area (Å²) in [6.07, 6.45) is 0. The van der Waals surface area contributed by atoms with E-state index in [-0.39, 0.29) is 0 Å². The highest BCUT2D eigenvalue weighted by molar-refractivity contribution is 7.04. The zero-order valence-corrected chi connectivity index (χ0v) is 28.4. The van der Waals surface area contributed by atoms with Crippen LogP contribution in [0.1, 0.15) is 0 Å². The monoisotopic (exact) mass is 643 g/mol. The molecule has 9 rings (SSSR count). The van der Waals surface area contributed by atoms with Crippen molar-refractivity contribution in [3.8, 4) is 67.5 Å². The number of benzene rings is 7. The van der Waals surface area contributed by atoms with Crippen LogP contribution in [0.3, 0.4) is 0 Å². The van der Waals surface area contributed by atoms with Gasteiger partial charge in [-0.05, 0) is 78.8 Å². The van der Waals surface area contributed by atoms with E-state index in [2.05, 4.69) is 159 Å². The third-order valence-corrected chi connectivity index (χ3v) is 13.4. The van der Waals surface area contributed by atoms with Gasteiger partial charge in [0.1, 0.15) is 8.07 Å². The number of hydrogen-bond donors (Lipinski definition) is 0. The van der Waals surface area contributed by atoms with E-state index in [4.69, 9.17) is 15.0 Å². The molecule has 3 nitrogen and oxygen atoms in total. The van der Waals surface area contributed by atoms with Gasteiger partial charge in [0.05, 0.1) is 0 Å². The predicted molar refractivity (Wildman–Crippen MR) is 207 cm³/mol. The van der Waals surface area contributed by atoms with Crippen LogP contribution >= 0.6 is 0 Å². The quantitative estimate of drug-likeness (QED) is 0.175. The van der Waals surface area contributed by atoms with Gasteiger partial charge in [-0.1, -0.05) is 153 Å². The van der Waals surface area contributed by atoms with Crippen molar-refractivity contribution in [2.75, 3.05) is 0 Å². The van der Waals surface area contributed by atoms with E-state index >= 15 is 0 Å². The molecule has 1 aromatic heterocycles. The van der Waals surface area contributed by atoms with Gasteiger partial charge in [0.2, 0.25) is 0 Å². The number of aromatic nitrogens is 3. The minimum Gasteiger partial charge on any atom is -0.208 e. The van der Waals surface area contributed by atoms with Crippen molar-refractivity contribution < 1.29 is 0 Å². The number of rotatable bonds is 5. The van der Waals surface area contributed by atoms with Gasteiger partial charge in [-0.25, -0.2) is 15.0 Å². The van der Waals surface area contributed by atoms with Gasteiger partial charge in [0.15, 0.2) is 17.5 Å². The smallest absolute Gasteiger partial charge is 0.164 e. The molecule has 8 aromatic rings. The second-order valence-electron chi connectivity index (χ2n) is 13.3. The fourth-order valence-electron chi connectivity index (χ4n) is 7.26. The molecule has 232 valence electrons. The minimum atomic E-state index is -1.98. The molecular weight excluding hydrogens is 611 g/mol. The standard InChI is InChI=1S/C45H33N3Si/c1-49(2)41-29-35(22-23-39(41)40-27-33-20-12-13-21-34(33)28-42(40)49)44-46-43(32-18-10-5-11-19-32)47-45(48-44)38-25-36(30-14-6-3-7-15-30)24-37(26-38)31-16-8-4-9-17-31/h3-29H,1-2H3. The second-order valence-corrected chi connectivity index (χ2v) is 17.7. The van der Waals surface area contributed by atoms with Gasteiger partial charge in [-0.15, -0.1) is 0 Å². The molecule has 0 bridgehead atoms. The molecule has 0 spiro atoms. The SMILES string of the molecule is C[Si]1(C)c2cc(-c3nc(-c4ccccc4)nc(-c4cc(-c5ccccc5)cc(-c5ccccc5)c4)n3)ccc2-c2cc3ccccc3cc21. The van der Waals surface area contributed by atoms with Crippen molar-refractivity contribution in [2.24, 2.45) is 0 Å². The maximum absolute atomic E-state index is 5.23. The highest BCUT2D eigenvalue weighted by Crippen LogP contribution is 2.35. The lowest BCUT2D eigenvalue weighted by Gasteiger charge is -2.20. The van der Waals surface area contributed by atoms with Crippen molar-refractivity contribution in [1.29, 1.82) is 0 Å². The Bertz CT molecular complexity index is 2450. The fraction of sp³-hybridized carbons (Fsp3) is 0.0444. The average molecular weight is 644 g/mol. The van der Waals surface area contributed by atoms with Crippen molar-refractivity contribution in [2.45, 2.75) is 13.1 Å². The third kappa shape index (κ3) is 5.18. The van der Waals surface area contributed by atoms with Crippen LogP contribution in [0.5, 0.6) is 0 Å². The lowest BCUT2D eigenvalue weighted by molar-refractivity contribution is 1.07. The zero-order valence-electron chi connectivity index (χ0n) is 27.4. The molecule has 0 saturated carbocycles. The zero-order chi connectivity index (χ0) is 33.0. The Morgan fingerprint density at radius 3 is 1.37 bits per heavy atom. The summed E-state index contributed by atoms with van der Waals surface area (Å²) >= 11 is 0. The van der Waals surface area contributed by atoms with Gasteiger partial charge in [0, 0.05) is 16.7 Å². The summed E-state index contributed by atoms with van der Waals surface area (Å²) in [6, 6.07) is 58.3. The van der Waals surface area contributed by atoms with Crippen molar-refractivity contribution in [1.82, 2.24) is 15.0 Å². The summed E-state index contributed by atoms with van der Waals surface area (Å²) in [6.45, 7) is 4.93. The highest BCUT2D eigenvalue weighted by Gasteiger charge is 2.38. The van der Waals surface area contributed by atoms with Gasteiger partial charge < -0.3 is 0 Å². The normalized spacial score (nSPS) is 12.9. The van der Waals surface area contributed by atoms with Crippen LogP contribution < -0.4 is 10.4 Å². The van der Waals surface area contributed by atoms with Crippen molar-refractivity contribution in [3.05, 3.63) is 164 Å². The van der Waals surface area contributed by atoms with Crippen LogP contribution in [0.2, 0.25) is 13.1 Å². The lowest BCUT2D eigenvalue weighted by Crippen LogP contribution is -2.49. The van der Waals surface area contributed by atoms with E-state index in [9.17, 15) is 0 Å². The molecule has 0 saturated heterocycles. The molecule has 0 N–H and O–H groups in total. The molecule has 4 heteroatoms. The highest BCUT2D eigenvalue weighted by atomic mass is 28.3. The number of fused-ring (bicyclic) bond motifs is 4. The van der Waals surface area contributed by atoms with Gasteiger partial charge >= 0.3 is 0 Å². The van der Waals surface area contributed by atoms with Crippen molar-refractivity contribution >= 4 is 29.2 Å². The molecular formula is C45H33N3Si. The topological polar surface area (TPSA) is 38.7 Å². The maximum atomic E-state index is 5.23. The molecule has 2 heterocycles. The Morgan fingerprint density at radius 1 is 0.327 bits per heavy atom. The van der Waals surface area contributed by atoms with Crippen LogP contribution in [-0.4, -0.2) is 23.0 Å². The largest absolute Gasteiger partial charge is 0.208 e. The third-order valence-electron chi connectivity index (χ3n) is 9.87. The molecule has 0 fully saturated rings. The van der Waals surface area contributed by atoms with Crippen LogP contribution in [-0.2, 0) is 0 Å². The lowest BCUT2D eigenvalue weighted by atomic mass is 9.96. The summed E-state index contributed by atoms with van der Waals surface area (Å²) in [5.74, 6) is 2.01. The number of hydrogen-bond acceptors (Lipinski definition) is 3. The Balaban J connectivity index is 1.23. The Labute approximate surface area is 287 Å². The minimum absolute atomic E-state index is 0.658. The van der Waals surface area contributed by atoms with E-state index in [1.165, 1.54) is 32.3 Å². The average Bonchev–Trinajstić information content (AvgIpc) is 3.39. The first-order chi connectivity index (χ1) is 24.0. The Hall–Kier alpha value is -5.97. The van der Waals surface area contributed by atoms with Gasteiger partial charge in [-0.2, -0.15) is 0 Å². The van der Waals surface area contributed by atoms with Crippen molar-refractivity contribution in [3.63, 3.8) is 0 Å². The summed E-state index contributed by atoms with van der Waals surface area (Å²) in [7, 11) is -1.98. The first-order valence-electron chi connectivity index (χ1n) is 16.8. The fourth-order valence-corrected chi connectivity index (χ4v) is 10.4. The Kier molecular flexibility index (Phi) is 6.92. The van der Waals surface area contributed by atoms with Crippen LogP contribution in [0.15, 0.2) is 164 Å². The van der Waals surface area contributed by atoms with Crippen LogP contribution in [0.4, 0.5) is 0 Å². The molecule has 1 aliphatic rings. The number of nitrogens with zero attached hydrogens (tertiary/aromatic N) is 3. The van der Waals surface area contributed by atoms with Crippen LogP contribution in [0.25, 0.3) is 78.3 Å². The predicted octanol–water partition coefficient (Wildman–Crippen LogP) is 10.2. The van der Waals surface area contributed by atoms with Crippen LogP contribution in [0, 0.1) is 0 Å². The van der Waals surface area contributed by atoms with E-state index < -0.39 is 8.07 Å². The van der Waals surface area contributed by atoms with E-state index in [1.807, 2.05) is 18.2 Å². The van der Waals surface area contributed by atoms with E-state index in [0.29, 0.717) is 17.5 Å². The molecule has 0 radical (unpaired) electrons. The maximum Gasteiger partial charge on any atom is 0.164 e. The molecule has 1 aliphatic heterocycles. The van der Waals surface area contributed by atoms with E-state index in [1.54, 1.807) is 0 Å². The first-order valence-corrected chi connectivity index (χ1v) is 19.8. The molecule has 0 aliphatic carbocycles. The van der Waals surface area contributed by atoms with E-state index in [0.717, 1.165) is 38.9 Å². The molecule has 49 heavy (non-hydrogen) atoms. The molecule has 0 atom stereocenters. The summed E-state index contributed by atoms with van der Waals surface area (Å²) in [5, 5.41) is 5.50. The summed E-state index contributed by atoms with van der Waals surface area (Å²) < 4.78 is 0. The first kappa shape index (κ1) is 29.2. The molecule has 7 aromatic carbocycles.